The molecule has 1 heterocycles. The maximum Gasteiger partial charge on any atom is 0.134 e. The number of benzene rings is 1. The molecule has 1 N–H and O–H groups in total. The van der Waals surface area contributed by atoms with Crippen LogP contribution < -0.4 is 5.32 Å². The monoisotopic (exact) mass is 286 g/mol. The quantitative estimate of drug-likeness (QED) is 0.875. The van der Waals surface area contributed by atoms with E-state index >= 15 is 0 Å². The lowest BCUT2D eigenvalue weighted by Gasteiger charge is -2.25. The smallest absolute Gasteiger partial charge is 0.134 e. The molecule has 1 aromatic heterocycles. The van der Waals surface area contributed by atoms with Crippen LogP contribution in [0.15, 0.2) is 34.7 Å². The summed E-state index contributed by atoms with van der Waals surface area (Å²) in [6.45, 7) is 2.20. The highest BCUT2D eigenvalue weighted by molar-refractivity contribution is 5.77. The van der Waals surface area contributed by atoms with Gasteiger partial charge >= 0.3 is 0 Å². The molecule has 0 amide bonds. The second-order valence-corrected chi connectivity index (χ2v) is 6.40. The van der Waals surface area contributed by atoms with Crippen LogP contribution in [0.3, 0.4) is 0 Å². The number of furan rings is 1. The Morgan fingerprint density at radius 2 is 2.05 bits per heavy atom. The third kappa shape index (κ3) is 3.47. The van der Waals surface area contributed by atoms with E-state index in [-0.39, 0.29) is 6.04 Å². The van der Waals surface area contributed by atoms with Crippen molar-refractivity contribution < 1.29 is 4.42 Å². The molecule has 1 unspecified atom stereocenters. The largest absolute Gasteiger partial charge is 0.459 e. The summed E-state index contributed by atoms with van der Waals surface area (Å²) < 4.78 is 6.00. The molecule has 1 aliphatic rings. The van der Waals surface area contributed by atoms with Crippen LogP contribution in [0.1, 0.15) is 37.5 Å². The summed E-state index contributed by atoms with van der Waals surface area (Å²) in [5.41, 5.74) is 0.978. The Morgan fingerprint density at radius 3 is 2.76 bits per heavy atom. The molecule has 21 heavy (non-hydrogen) atoms. The molecule has 2 aromatic rings. The van der Waals surface area contributed by atoms with Crippen molar-refractivity contribution in [2.45, 2.75) is 31.7 Å². The van der Waals surface area contributed by atoms with E-state index in [0.717, 1.165) is 23.8 Å². The Kier molecular flexibility index (Phi) is 4.61. The summed E-state index contributed by atoms with van der Waals surface area (Å²) in [6.07, 6.45) is 5.63. The molecule has 3 heteroatoms. The van der Waals surface area contributed by atoms with Crippen LogP contribution in [0.5, 0.6) is 0 Å². The zero-order valence-electron chi connectivity index (χ0n) is 13.1. The summed E-state index contributed by atoms with van der Waals surface area (Å²) in [5, 5.41) is 4.59. The van der Waals surface area contributed by atoms with Gasteiger partial charge in [0, 0.05) is 18.5 Å². The van der Waals surface area contributed by atoms with Gasteiger partial charge in [-0.25, -0.2) is 0 Å². The third-order valence-corrected chi connectivity index (χ3v) is 4.68. The van der Waals surface area contributed by atoms with Gasteiger partial charge in [-0.05, 0) is 45.0 Å². The Morgan fingerprint density at radius 1 is 1.29 bits per heavy atom. The highest BCUT2D eigenvalue weighted by Gasteiger charge is 2.20. The Balaban J connectivity index is 1.66. The minimum atomic E-state index is 0.254. The maximum absolute atomic E-state index is 6.00. The molecular weight excluding hydrogens is 260 g/mol. The fourth-order valence-electron chi connectivity index (χ4n) is 3.52. The van der Waals surface area contributed by atoms with Crippen molar-refractivity contribution in [1.29, 1.82) is 0 Å². The lowest BCUT2D eigenvalue weighted by atomic mass is 10.1. The number of para-hydroxylation sites is 1. The SMILES string of the molecule is CNC(CN(C)CC1CCCC1)c1cc2ccccc2o1. The van der Waals surface area contributed by atoms with E-state index in [4.69, 9.17) is 4.42 Å². The highest BCUT2D eigenvalue weighted by Crippen LogP contribution is 2.27. The van der Waals surface area contributed by atoms with Gasteiger partial charge in [0.2, 0.25) is 0 Å². The molecule has 1 saturated carbocycles. The summed E-state index contributed by atoms with van der Waals surface area (Å²) in [6, 6.07) is 10.6. The molecule has 3 nitrogen and oxygen atoms in total. The van der Waals surface area contributed by atoms with E-state index in [1.165, 1.54) is 37.6 Å². The van der Waals surface area contributed by atoms with Crippen molar-refractivity contribution in [1.82, 2.24) is 10.2 Å². The van der Waals surface area contributed by atoms with Gasteiger partial charge in [0.15, 0.2) is 0 Å². The molecule has 1 aromatic carbocycles. The van der Waals surface area contributed by atoms with Crippen LogP contribution >= 0.6 is 0 Å². The van der Waals surface area contributed by atoms with Gasteiger partial charge in [-0.2, -0.15) is 0 Å². The van der Waals surface area contributed by atoms with Crippen molar-refractivity contribution in [2.24, 2.45) is 5.92 Å². The number of hydrogen-bond acceptors (Lipinski definition) is 3. The Labute approximate surface area is 127 Å². The van der Waals surface area contributed by atoms with Gasteiger partial charge < -0.3 is 14.6 Å². The van der Waals surface area contributed by atoms with Gasteiger partial charge in [0.1, 0.15) is 11.3 Å². The van der Waals surface area contributed by atoms with Gasteiger partial charge in [0.05, 0.1) is 6.04 Å². The Bertz CT molecular complexity index is 538. The Hall–Kier alpha value is -1.32. The molecule has 0 aliphatic heterocycles. The lowest BCUT2D eigenvalue weighted by Crippen LogP contribution is -2.33. The minimum Gasteiger partial charge on any atom is -0.459 e. The fraction of sp³-hybridized carbons (Fsp3) is 0.556. The van der Waals surface area contributed by atoms with Crippen molar-refractivity contribution in [3.05, 3.63) is 36.1 Å². The van der Waals surface area contributed by atoms with Crippen molar-refractivity contribution >= 4 is 11.0 Å². The zero-order chi connectivity index (χ0) is 14.7. The van der Waals surface area contributed by atoms with E-state index in [9.17, 15) is 0 Å². The van der Waals surface area contributed by atoms with Gasteiger partial charge in [-0.1, -0.05) is 31.0 Å². The van der Waals surface area contributed by atoms with Crippen LogP contribution in [0.4, 0.5) is 0 Å². The molecular formula is C18H26N2O. The molecule has 0 radical (unpaired) electrons. The van der Waals surface area contributed by atoms with Crippen LogP contribution in [0, 0.1) is 5.92 Å². The first-order chi connectivity index (χ1) is 10.3. The fourth-order valence-corrected chi connectivity index (χ4v) is 3.52. The number of fused-ring (bicyclic) bond motifs is 1. The number of nitrogens with one attached hydrogen (secondary N) is 1. The molecule has 1 aliphatic carbocycles. The van der Waals surface area contributed by atoms with Crippen LogP contribution in [0.25, 0.3) is 11.0 Å². The van der Waals surface area contributed by atoms with Crippen LogP contribution in [-0.4, -0.2) is 32.1 Å². The first-order valence-corrected chi connectivity index (χ1v) is 8.10. The topological polar surface area (TPSA) is 28.4 Å². The zero-order valence-corrected chi connectivity index (χ0v) is 13.1. The molecule has 0 saturated heterocycles. The predicted molar refractivity (Wildman–Crippen MR) is 87.5 cm³/mol. The first-order valence-electron chi connectivity index (χ1n) is 8.10. The second-order valence-electron chi connectivity index (χ2n) is 6.40. The number of rotatable bonds is 6. The van der Waals surface area contributed by atoms with E-state index < -0.39 is 0 Å². The van der Waals surface area contributed by atoms with Crippen molar-refractivity contribution in [3.63, 3.8) is 0 Å². The summed E-state index contributed by atoms with van der Waals surface area (Å²) >= 11 is 0. The average Bonchev–Trinajstić information content (AvgIpc) is 3.13. The second kappa shape index (κ2) is 6.63. The minimum absolute atomic E-state index is 0.254. The number of nitrogens with zero attached hydrogens (tertiary/aromatic N) is 1. The number of hydrogen-bond donors (Lipinski definition) is 1. The maximum atomic E-state index is 6.00. The van der Waals surface area contributed by atoms with Crippen molar-refractivity contribution in [2.75, 3.05) is 27.2 Å². The molecule has 114 valence electrons. The van der Waals surface area contributed by atoms with Gasteiger partial charge in [0.25, 0.3) is 0 Å². The third-order valence-electron chi connectivity index (χ3n) is 4.68. The molecule has 1 atom stereocenters. The summed E-state index contributed by atoms with van der Waals surface area (Å²) in [7, 11) is 4.24. The van der Waals surface area contributed by atoms with E-state index in [2.05, 4.69) is 35.5 Å². The first kappa shape index (κ1) is 14.6. The van der Waals surface area contributed by atoms with E-state index in [1.54, 1.807) is 0 Å². The molecule has 0 bridgehead atoms. The van der Waals surface area contributed by atoms with Crippen LogP contribution in [-0.2, 0) is 0 Å². The van der Waals surface area contributed by atoms with Gasteiger partial charge in [-0.15, -0.1) is 0 Å². The number of likely N-dealkylation sites (N-methyl/N-ethyl adjacent to an activating group) is 2. The summed E-state index contributed by atoms with van der Waals surface area (Å²) in [4.78, 5) is 2.45. The normalized spacial score (nSPS) is 17.9. The van der Waals surface area contributed by atoms with E-state index in [0.29, 0.717) is 0 Å². The standard InChI is InChI=1S/C18H26N2O/c1-19-16(13-20(2)12-14-7-3-4-8-14)18-11-15-9-5-6-10-17(15)21-18/h5-6,9-11,14,16,19H,3-4,7-8,12-13H2,1-2H3. The molecule has 0 spiro atoms. The average molecular weight is 286 g/mol. The summed E-state index contributed by atoms with van der Waals surface area (Å²) in [5.74, 6) is 1.93. The van der Waals surface area contributed by atoms with E-state index in [1.807, 2.05) is 19.2 Å². The van der Waals surface area contributed by atoms with Crippen molar-refractivity contribution in [3.8, 4) is 0 Å². The van der Waals surface area contributed by atoms with Crippen LogP contribution in [0.2, 0.25) is 0 Å². The van der Waals surface area contributed by atoms with Gasteiger partial charge in [-0.3, -0.25) is 0 Å². The predicted octanol–water partition coefficient (Wildman–Crippen LogP) is 3.82. The molecule has 3 rings (SSSR count). The molecule has 1 fully saturated rings. The highest BCUT2D eigenvalue weighted by atomic mass is 16.3. The lowest BCUT2D eigenvalue weighted by molar-refractivity contribution is 0.242.